The summed E-state index contributed by atoms with van der Waals surface area (Å²) in [5.74, 6) is -0.265. The van der Waals surface area contributed by atoms with E-state index in [2.05, 4.69) is 15.6 Å². The largest absolute Gasteiger partial charge is 0.350 e. The van der Waals surface area contributed by atoms with E-state index in [0.29, 0.717) is 6.54 Å². The van der Waals surface area contributed by atoms with E-state index >= 15 is 0 Å². The second kappa shape index (κ2) is 7.54. The van der Waals surface area contributed by atoms with Crippen LogP contribution in [0, 0.1) is 0 Å². The number of carbonyl (C=O) groups is 2. The van der Waals surface area contributed by atoms with E-state index in [9.17, 15) is 9.59 Å². The standard InChI is InChI=1S/C15H17N3O2S/c1-11(19)18-13(14-6-4-8-21-14)9-15(20)17-10-12-5-2-3-7-16-12/h2-8,13H,9-10H2,1H3,(H,17,20)(H,18,19)/t13-/m1/s1. The molecule has 0 saturated heterocycles. The molecule has 6 heteroatoms. The first kappa shape index (κ1) is 15.2. The number of nitrogens with one attached hydrogen (secondary N) is 2. The highest BCUT2D eigenvalue weighted by atomic mass is 32.1. The smallest absolute Gasteiger partial charge is 0.222 e. The average Bonchev–Trinajstić information content (AvgIpc) is 2.99. The Hall–Kier alpha value is -2.21. The van der Waals surface area contributed by atoms with Crippen LogP contribution in [-0.2, 0) is 16.1 Å². The molecule has 2 aromatic heterocycles. The van der Waals surface area contributed by atoms with Gasteiger partial charge in [0.15, 0.2) is 0 Å². The maximum absolute atomic E-state index is 12.0. The van der Waals surface area contributed by atoms with E-state index in [4.69, 9.17) is 0 Å². The van der Waals surface area contributed by atoms with Gasteiger partial charge in [-0.05, 0) is 23.6 Å². The number of thiophene rings is 1. The first-order valence-electron chi connectivity index (χ1n) is 6.62. The molecule has 1 atom stereocenters. The van der Waals surface area contributed by atoms with Crippen LogP contribution in [0.4, 0.5) is 0 Å². The molecule has 2 heterocycles. The monoisotopic (exact) mass is 303 g/mol. The maximum atomic E-state index is 12.0. The lowest BCUT2D eigenvalue weighted by atomic mass is 10.1. The summed E-state index contributed by atoms with van der Waals surface area (Å²) < 4.78 is 0. The van der Waals surface area contributed by atoms with Gasteiger partial charge in [0.05, 0.1) is 24.7 Å². The molecule has 5 nitrogen and oxygen atoms in total. The van der Waals surface area contributed by atoms with Gasteiger partial charge < -0.3 is 10.6 Å². The minimum absolute atomic E-state index is 0.118. The van der Waals surface area contributed by atoms with Gasteiger partial charge in [-0.2, -0.15) is 0 Å². The lowest BCUT2D eigenvalue weighted by Crippen LogP contribution is -2.32. The van der Waals surface area contributed by atoms with Gasteiger partial charge in [-0.15, -0.1) is 11.3 Å². The van der Waals surface area contributed by atoms with Crippen molar-refractivity contribution in [1.29, 1.82) is 0 Å². The third-order valence-corrected chi connectivity index (χ3v) is 3.83. The number of carbonyl (C=O) groups excluding carboxylic acids is 2. The van der Waals surface area contributed by atoms with Crippen LogP contribution in [0.25, 0.3) is 0 Å². The second-order valence-electron chi connectivity index (χ2n) is 4.57. The molecule has 110 valence electrons. The van der Waals surface area contributed by atoms with Gasteiger partial charge in [0.25, 0.3) is 0 Å². The molecule has 0 bridgehead atoms. The highest BCUT2D eigenvalue weighted by molar-refractivity contribution is 7.10. The van der Waals surface area contributed by atoms with Gasteiger partial charge in [-0.1, -0.05) is 12.1 Å². The predicted octanol–water partition coefficient (Wildman–Crippen LogP) is 2.03. The van der Waals surface area contributed by atoms with E-state index in [1.54, 1.807) is 6.20 Å². The first-order valence-corrected chi connectivity index (χ1v) is 7.50. The molecule has 0 saturated carbocycles. The predicted molar refractivity (Wildman–Crippen MR) is 81.6 cm³/mol. The fourth-order valence-electron chi connectivity index (χ4n) is 1.91. The van der Waals surface area contributed by atoms with Crippen molar-refractivity contribution >= 4 is 23.2 Å². The van der Waals surface area contributed by atoms with Gasteiger partial charge in [0.1, 0.15) is 0 Å². The third-order valence-electron chi connectivity index (χ3n) is 2.85. The fourth-order valence-corrected chi connectivity index (χ4v) is 2.68. The van der Waals surface area contributed by atoms with Crippen molar-refractivity contribution in [2.24, 2.45) is 0 Å². The normalized spacial score (nSPS) is 11.7. The second-order valence-corrected chi connectivity index (χ2v) is 5.55. The van der Waals surface area contributed by atoms with Crippen molar-refractivity contribution < 1.29 is 9.59 Å². The van der Waals surface area contributed by atoms with Crippen molar-refractivity contribution in [2.45, 2.75) is 25.9 Å². The van der Waals surface area contributed by atoms with Crippen molar-refractivity contribution in [3.63, 3.8) is 0 Å². The number of nitrogens with zero attached hydrogens (tertiary/aromatic N) is 1. The molecule has 0 fully saturated rings. The highest BCUT2D eigenvalue weighted by Gasteiger charge is 2.17. The summed E-state index contributed by atoms with van der Waals surface area (Å²) in [4.78, 5) is 28.4. The first-order chi connectivity index (χ1) is 10.1. The minimum Gasteiger partial charge on any atom is -0.350 e. The van der Waals surface area contributed by atoms with E-state index in [-0.39, 0.29) is 24.3 Å². The zero-order valence-corrected chi connectivity index (χ0v) is 12.5. The minimum atomic E-state index is -0.286. The van der Waals surface area contributed by atoms with Crippen molar-refractivity contribution in [3.05, 3.63) is 52.5 Å². The number of amides is 2. The molecular formula is C15H17N3O2S. The molecule has 0 unspecified atom stereocenters. The van der Waals surface area contributed by atoms with Crippen LogP contribution in [0.2, 0.25) is 0 Å². The van der Waals surface area contributed by atoms with Crippen molar-refractivity contribution in [2.75, 3.05) is 0 Å². The molecule has 21 heavy (non-hydrogen) atoms. The number of pyridine rings is 1. The van der Waals surface area contributed by atoms with Gasteiger partial charge in [0, 0.05) is 18.0 Å². The zero-order chi connectivity index (χ0) is 15.1. The van der Waals surface area contributed by atoms with Gasteiger partial charge in [-0.25, -0.2) is 0 Å². The Morgan fingerprint density at radius 3 is 2.76 bits per heavy atom. The van der Waals surface area contributed by atoms with Crippen LogP contribution in [0.15, 0.2) is 41.9 Å². The Bertz CT molecular complexity index is 584. The summed E-state index contributed by atoms with van der Waals surface area (Å²) in [6.45, 7) is 1.84. The molecule has 0 aromatic carbocycles. The Balaban J connectivity index is 1.90. The lowest BCUT2D eigenvalue weighted by Gasteiger charge is -2.16. The Morgan fingerprint density at radius 2 is 2.14 bits per heavy atom. The molecule has 0 spiro atoms. The lowest BCUT2D eigenvalue weighted by molar-refractivity contribution is -0.122. The van der Waals surface area contributed by atoms with Crippen LogP contribution in [0.1, 0.15) is 30.0 Å². The Kier molecular flexibility index (Phi) is 5.45. The third kappa shape index (κ3) is 5.00. The van der Waals surface area contributed by atoms with E-state index in [1.807, 2.05) is 35.7 Å². The van der Waals surface area contributed by atoms with Crippen LogP contribution >= 0.6 is 11.3 Å². The number of hydrogen-bond acceptors (Lipinski definition) is 4. The van der Waals surface area contributed by atoms with Crippen LogP contribution < -0.4 is 10.6 Å². The van der Waals surface area contributed by atoms with Crippen molar-refractivity contribution in [3.8, 4) is 0 Å². The number of aromatic nitrogens is 1. The number of rotatable bonds is 6. The van der Waals surface area contributed by atoms with Gasteiger partial charge >= 0.3 is 0 Å². The maximum Gasteiger partial charge on any atom is 0.222 e. The van der Waals surface area contributed by atoms with Crippen LogP contribution in [-0.4, -0.2) is 16.8 Å². The summed E-state index contributed by atoms with van der Waals surface area (Å²) in [5, 5.41) is 7.55. The summed E-state index contributed by atoms with van der Waals surface area (Å²) in [5.41, 5.74) is 0.804. The Morgan fingerprint density at radius 1 is 1.29 bits per heavy atom. The molecular weight excluding hydrogens is 286 g/mol. The van der Waals surface area contributed by atoms with E-state index in [1.165, 1.54) is 18.3 Å². The quantitative estimate of drug-likeness (QED) is 0.857. The fraction of sp³-hybridized carbons (Fsp3) is 0.267. The molecule has 0 aliphatic rings. The highest BCUT2D eigenvalue weighted by Crippen LogP contribution is 2.21. The summed E-state index contributed by atoms with van der Waals surface area (Å²) >= 11 is 1.52. The SMILES string of the molecule is CC(=O)N[C@H](CC(=O)NCc1ccccn1)c1cccs1. The molecule has 2 rings (SSSR count). The summed E-state index contributed by atoms with van der Waals surface area (Å²) in [6.07, 6.45) is 1.90. The zero-order valence-electron chi connectivity index (χ0n) is 11.7. The van der Waals surface area contributed by atoms with E-state index in [0.717, 1.165) is 10.6 Å². The molecule has 2 N–H and O–H groups in total. The van der Waals surface area contributed by atoms with Crippen LogP contribution in [0.3, 0.4) is 0 Å². The molecule has 0 radical (unpaired) electrons. The van der Waals surface area contributed by atoms with Crippen molar-refractivity contribution in [1.82, 2.24) is 15.6 Å². The topological polar surface area (TPSA) is 71.1 Å². The molecule has 2 amide bonds. The summed E-state index contributed by atoms with van der Waals surface area (Å²) in [7, 11) is 0. The molecule has 0 aliphatic carbocycles. The number of hydrogen-bond donors (Lipinski definition) is 2. The average molecular weight is 303 g/mol. The molecule has 2 aromatic rings. The van der Waals surface area contributed by atoms with Crippen LogP contribution in [0.5, 0.6) is 0 Å². The van der Waals surface area contributed by atoms with E-state index < -0.39 is 0 Å². The Labute approximate surface area is 127 Å². The summed E-state index contributed by atoms with van der Waals surface area (Å²) in [6, 6.07) is 9.09. The molecule has 0 aliphatic heterocycles. The van der Waals surface area contributed by atoms with Gasteiger partial charge in [-0.3, -0.25) is 14.6 Å². The van der Waals surface area contributed by atoms with Gasteiger partial charge in [0.2, 0.25) is 11.8 Å².